The van der Waals surface area contributed by atoms with E-state index in [1.807, 2.05) is 36.4 Å². The molecule has 102 valence electrons. The lowest BCUT2D eigenvalue weighted by molar-refractivity contribution is 0.104. The first-order valence-corrected chi connectivity index (χ1v) is 6.24. The second-order valence-corrected chi connectivity index (χ2v) is 4.14. The smallest absolute Gasteiger partial charge is 0.185 e. The minimum atomic E-state index is -0.0569. The fourth-order valence-electron chi connectivity index (χ4n) is 1.90. The van der Waals surface area contributed by atoms with Gasteiger partial charge in [0.25, 0.3) is 0 Å². The number of carbonyl (C=O) groups excluding carboxylic acids is 1. The topological polar surface area (TPSA) is 35.5 Å². The molecular weight excluding hydrogens is 252 g/mol. The third-order valence-electron chi connectivity index (χ3n) is 2.93. The van der Waals surface area contributed by atoms with Gasteiger partial charge in [0, 0.05) is 5.56 Å². The molecule has 0 aliphatic heterocycles. The summed E-state index contributed by atoms with van der Waals surface area (Å²) < 4.78 is 10.6. The molecule has 0 fully saturated rings. The molecule has 3 nitrogen and oxygen atoms in total. The lowest BCUT2D eigenvalue weighted by Gasteiger charge is -2.09. The fraction of sp³-hybridized carbons (Fsp3) is 0.118. The van der Waals surface area contributed by atoms with Crippen LogP contribution in [-0.2, 0) is 0 Å². The molecule has 0 N–H and O–H groups in total. The normalized spacial score (nSPS) is 10.5. The molecule has 0 saturated heterocycles. The van der Waals surface area contributed by atoms with Crippen molar-refractivity contribution in [1.82, 2.24) is 0 Å². The van der Waals surface area contributed by atoms with Gasteiger partial charge in [-0.3, -0.25) is 4.79 Å². The molecule has 3 heteroatoms. The lowest BCUT2D eigenvalue weighted by atomic mass is 10.1. The Morgan fingerprint density at radius 2 is 1.50 bits per heavy atom. The van der Waals surface area contributed by atoms with E-state index in [1.54, 1.807) is 32.4 Å². The van der Waals surface area contributed by atoms with Gasteiger partial charge in [0.2, 0.25) is 0 Å². The van der Waals surface area contributed by atoms with E-state index >= 15 is 0 Å². The zero-order chi connectivity index (χ0) is 14.4. The third-order valence-corrected chi connectivity index (χ3v) is 2.93. The van der Waals surface area contributed by atoms with Gasteiger partial charge in [0.1, 0.15) is 11.5 Å². The maximum Gasteiger partial charge on any atom is 0.185 e. The van der Waals surface area contributed by atoms with Crippen molar-refractivity contribution in [3.63, 3.8) is 0 Å². The van der Waals surface area contributed by atoms with Crippen LogP contribution >= 0.6 is 0 Å². The standard InChI is InChI=1S/C17H16O3/c1-19-16-9-6-10-17(20-2)14(16)11-12-15(18)13-7-4-3-5-8-13/h3-12H,1-2H3/b12-11+. The van der Waals surface area contributed by atoms with Crippen LogP contribution < -0.4 is 9.47 Å². The van der Waals surface area contributed by atoms with Crippen molar-refractivity contribution < 1.29 is 14.3 Å². The van der Waals surface area contributed by atoms with Crippen molar-refractivity contribution >= 4 is 11.9 Å². The van der Waals surface area contributed by atoms with Gasteiger partial charge < -0.3 is 9.47 Å². The summed E-state index contributed by atoms with van der Waals surface area (Å²) in [6, 6.07) is 14.6. The fourth-order valence-corrected chi connectivity index (χ4v) is 1.90. The summed E-state index contributed by atoms with van der Waals surface area (Å²) in [5.41, 5.74) is 1.40. The van der Waals surface area contributed by atoms with E-state index in [4.69, 9.17) is 9.47 Å². The molecule has 0 atom stereocenters. The molecule has 0 saturated carbocycles. The molecule has 2 aromatic rings. The number of hydrogen-bond acceptors (Lipinski definition) is 3. The number of rotatable bonds is 5. The van der Waals surface area contributed by atoms with Crippen LogP contribution in [0.1, 0.15) is 15.9 Å². The molecule has 0 radical (unpaired) electrons. The monoisotopic (exact) mass is 268 g/mol. The first kappa shape index (κ1) is 13.9. The van der Waals surface area contributed by atoms with Gasteiger partial charge in [-0.25, -0.2) is 0 Å². The Morgan fingerprint density at radius 3 is 2.05 bits per heavy atom. The van der Waals surface area contributed by atoms with Gasteiger partial charge in [-0.2, -0.15) is 0 Å². The predicted molar refractivity (Wildman–Crippen MR) is 79.4 cm³/mol. The highest BCUT2D eigenvalue weighted by Crippen LogP contribution is 2.29. The molecule has 2 aromatic carbocycles. The van der Waals surface area contributed by atoms with Gasteiger partial charge in [0.15, 0.2) is 5.78 Å². The number of hydrogen-bond donors (Lipinski definition) is 0. The number of ketones is 1. The number of carbonyl (C=O) groups is 1. The van der Waals surface area contributed by atoms with Gasteiger partial charge in [-0.05, 0) is 24.3 Å². The van der Waals surface area contributed by atoms with Crippen molar-refractivity contribution in [2.24, 2.45) is 0 Å². The molecule has 0 spiro atoms. The molecule has 0 aliphatic carbocycles. The van der Waals surface area contributed by atoms with Crippen LogP contribution in [0.4, 0.5) is 0 Å². The molecule has 0 amide bonds. The summed E-state index contributed by atoms with van der Waals surface area (Å²) in [6.07, 6.45) is 3.24. The Kier molecular flexibility index (Phi) is 4.56. The van der Waals surface area contributed by atoms with E-state index in [-0.39, 0.29) is 5.78 Å². The highest BCUT2D eigenvalue weighted by molar-refractivity contribution is 6.07. The second kappa shape index (κ2) is 6.57. The van der Waals surface area contributed by atoms with Crippen LogP contribution in [0.2, 0.25) is 0 Å². The minimum Gasteiger partial charge on any atom is -0.496 e. The molecule has 0 aromatic heterocycles. The van der Waals surface area contributed by atoms with Gasteiger partial charge in [-0.15, -0.1) is 0 Å². The van der Waals surface area contributed by atoms with Crippen molar-refractivity contribution in [3.05, 3.63) is 65.7 Å². The summed E-state index contributed by atoms with van der Waals surface area (Å²) in [4.78, 5) is 12.0. The summed E-state index contributed by atoms with van der Waals surface area (Å²) in [7, 11) is 3.18. The Balaban J connectivity index is 2.30. The molecule has 0 bridgehead atoms. The third kappa shape index (κ3) is 3.06. The van der Waals surface area contributed by atoms with Crippen molar-refractivity contribution in [2.45, 2.75) is 0 Å². The maximum absolute atomic E-state index is 12.0. The quantitative estimate of drug-likeness (QED) is 0.614. The van der Waals surface area contributed by atoms with Gasteiger partial charge in [0.05, 0.1) is 19.8 Å². The Labute approximate surface area is 118 Å². The van der Waals surface area contributed by atoms with Crippen molar-refractivity contribution in [1.29, 1.82) is 0 Å². The Hall–Kier alpha value is -2.55. The highest BCUT2D eigenvalue weighted by atomic mass is 16.5. The average molecular weight is 268 g/mol. The van der Waals surface area contributed by atoms with E-state index in [2.05, 4.69) is 0 Å². The Morgan fingerprint density at radius 1 is 0.900 bits per heavy atom. The van der Waals surface area contributed by atoms with Crippen LogP contribution in [0, 0.1) is 0 Å². The SMILES string of the molecule is COc1cccc(OC)c1/C=C/C(=O)c1ccccc1. The summed E-state index contributed by atoms with van der Waals surface area (Å²) in [5.74, 6) is 1.28. The largest absolute Gasteiger partial charge is 0.496 e. The van der Waals surface area contributed by atoms with Crippen molar-refractivity contribution in [3.8, 4) is 11.5 Å². The van der Waals surface area contributed by atoms with E-state index in [0.717, 1.165) is 5.56 Å². The van der Waals surface area contributed by atoms with Crippen molar-refractivity contribution in [2.75, 3.05) is 14.2 Å². The van der Waals surface area contributed by atoms with Crippen LogP contribution in [0.3, 0.4) is 0 Å². The number of allylic oxidation sites excluding steroid dienone is 1. The van der Waals surface area contributed by atoms with E-state index in [0.29, 0.717) is 17.1 Å². The molecule has 2 rings (SSSR count). The Bertz CT molecular complexity index is 593. The van der Waals surface area contributed by atoms with Crippen LogP contribution in [0.25, 0.3) is 6.08 Å². The first-order valence-electron chi connectivity index (χ1n) is 6.24. The first-order chi connectivity index (χ1) is 9.76. The number of methoxy groups -OCH3 is 2. The van der Waals surface area contributed by atoms with Gasteiger partial charge >= 0.3 is 0 Å². The van der Waals surface area contributed by atoms with Crippen LogP contribution in [0.15, 0.2) is 54.6 Å². The molecule has 0 unspecified atom stereocenters. The average Bonchev–Trinajstić information content (AvgIpc) is 2.52. The van der Waals surface area contributed by atoms with E-state index in [9.17, 15) is 4.79 Å². The molecule has 20 heavy (non-hydrogen) atoms. The summed E-state index contributed by atoms with van der Waals surface area (Å²) in [6.45, 7) is 0. The zero-order valence-electron chi connectivity index (χ0n) is 11.5. The van der Waals surface area contributed by atoms with E-state index in [1.165, 1.54) is 6.08 Å². The lowest BCUT2D eigenvalue weighted by Crippen LogP contribution is -1.95. The summed E-state index contributed by atoms with van der Waals surface area (Å²) >= 11 is 0. The van der Waals surface area contributed by atoms with Crippen LogP contribution in [-0.4, -0.2) is 20.0 Å². The predicted octanol–water partition coefficient (Wildman–Crippen LogP) is 3.60. The number of ether oxygens (including phenoxy) is 2. The molecule has 0 heterocycles. The number of benzene rings is 2. The molecular formula is C17H16O3. The highest BCUT2D eigenvalue weighted by Gasteiger charge is 2.07. The maximum atomic E-state index is 12.0. The van der Waals surface area contributed by atoms with Crippen LogP contribution in [0.5, 0.6) is 11.5 Å². The second-order valence-electron chi connectivity index (χ2n) is 4.14. The zero-order valence-corrected chi connectivity index (χ0v) is 11.5. The summed E-state index contributed by atoms with van der Waals surface area (Å²) in [5, 5.41) is 0. The molecule has 0 aliphatic rings. The minimum absolute atomic E-state index is 0.0569. The van der Waals surface area contributed by atoms with E-state index < -0.39 is 0 Å². The van der Waals surface area contributed by atoms with Gasteiger partial charge in [-0.1, -0.05) is 36.4 Å².